The molecular formula is C23H23FN6O3S. The topological polar surface area (TPSA) is 109 Å². The first-order valence-corrected chi connectivity index (χ1v) is 11.6. The molecule has 1 atom stereocenters. The maximum atomic E-state index is 13.4. The molecular weight excluding hydrogens is 459 g/mol. The van der Waals surface area contributed by atoms with Gasteiger partial charge in [-0.3, -0.25) is 19.6 Å². The highest BCUT2D eigenvalue weighted by molar-refractivity contribution is 7.99. The summed E-state index contributed by atoms with van der Waals surface area (Å²) >= 11 is 1.12. The van der Waals surface area contributed by atoms with Crippen LogP contribution in [0.15, 0.2) is 59.8 Å². The Labute approximate surface area is 199 Å². The van der Waals surface area contributed by atoms with Crippen molar-refractivity contribution >= 4 is 29.6 Å². The van der Waals surface area contributed by atoms with Crippen LogP contribution in [-0.4, -0.2) is 48.9 Å². The number of amides is 4. The summed E-state index contributed by atoms with van der Waals surface area (Å²) in [5.41, 5.74) is 3.00. The quantitative estimate of drug-likeness (QED) is 0.377. The first-order valence-electron chi connectivity index (χ1n) is 10.6. The molecule has 9 nitrogen and oxygen atoms in total. The molecule has 1 aromatic heterocycles. The normalized spacial score (nSPS) is 17.7. The Hall–Kier alpha value is -3.73. The van der Waals surface area contributed by atoms with Crippen LogP contribution < -0.4 is 10.7 Å². The predicted molar refractivity (Wildman–Crippen MR) is 124 cm³/mol. The fraction of sp³-hybridized carbons (Fsp3) is 0.261. The molecule has 0 saturated carbocycles. The van der Waals surface area contributed by atoms with Gasteiger partial charge in [0.25, 0.3) is 5.91 Å². The van der Waals surface area contributed by atoms with E-state index in [9.17, 15) is 18.8 Å². The van der Waals surface area contributed by atoms with E-state index in [1.54, 1.807) is 26.0 Å². The number of imide groups is 1. The molecule has 0 bridgehead atoms. The third kappa shape index (κ3) is 4.79. The Balaban J connectivity index is 1.51. The summed E-state index contributed by atoms with van der Waals surface area (Å²) in [5, 5.41) is 12.2. The van der Waals surface area contributed by atoms with Crippen LogP contribution >= 0.6 is 11.8 Å². The number of hydrogen-bond donors (Lipinski definition) is 2. The van der Waals surface area contributed by atoms with E-state index in [0.717, 1.165) is 17.3 Å². The summed E-state index contributed by atoms with van der Waals surface area (Å²) < 4.78 is 15.2. The molecule has 0 spiro atoms. The van der Waals surface area contributed by atoms with Gasteiger partial charge in [0.05, 0.1) is 12.3 Å². The van der Waals surface area contributed by atoms with E-state index in [2.05, 4.69) is 20.9 Å². The number of carbonyl (C=O) groups excluding carboxylic acids is 3. The largest absolute Gasteiger partial charge is 0.344 e. The number of aromatic nitrogens is 3. The zero-order valence-electron chi connectivity index (χ0n) is 18.6. The molecule has 0 aliphatic carbocycles. The third-order valence-corrected chi connectivity index (χ3v) is 6.51. The Morgan fingerprint density at radius 2 is 1.82 bits per heavy atom. The number of hydrazine groups is 1. The monoisotopic (exact) mass is 482 g/mol. The lowest BCUT2D eigenvalue weighted by atomic mass is 10.00. The van der Waals surface area contributed by atoms with Crippen molar-refractivity contribution in [2.45, 2.75) is 37.5 Å². The van der Waals surface area contributed by atoms with Gasteiger partial charge in [0.1, 0.15) is 11.4 Å². The van der Waals surface area contributed by atoms with Crippen molar-refractivity contribution < 1.29 is 18.8 Å². The molecule has 1 saturated heterocycles. The van der Waals surface area contributed by atoms with Crippen molar-refractivity contribution in [1.29, 1.82) is 0 Å². The number of urea groups is 1. The van der Waals surface area contributed by atoms with Gasteiger partial charge in [-0.25, -0.2) is 9.18 Å². The first-order chi connectivity index (χ1) is 16.3. The molecule has 1 aliphatic rings. The van der Waals surface area contributed by atoms with Crippen LogP contribution in [0.2, 0.25) is 0 Å². The van der Waals surface area contributed by atoms with E-state index in [1.165, 1.54) is 12.1 Å². The predicted octanol–water partition coefficient (Wildman–Crippen LogP) is 2.98. The van der Waals surface area contributed by atoms with Crippen LogP contribution in [0.1, 0.15) is 25.8 Å². The SMILES string of the molecule is CCC1(C)NC(=O)N(NC(=O)CSc2nnc(-c3ccc(F)cc3)n2Cc2ccccc2)C1=O. The van der Waals surface area contributed by atoms with Gasteiger partial charge in [-0.05, 0) is 43.2 Å². The molecule has 1 fully saturated rings. The highest BCUT2D eigenvalue weighted by Gasteiger charge is 2.47. The molecule has 4 amide bonds. The number of benzene rings is 2. The Morgan fingerprint density at radius 3 is 2.47 bits per heavy atom. The second-order valence-electron chi connectivity index (χ2n) is 7.96. The van der Waals surface area contributed by atoms with Gasteiger partial charge in [-0.1, -0.05) is 49.0 Å². The minimum absolute atomic E-state index is 0.101. The Bertz CT molecular complexity index is 1220. The van der Waals surface area contributed by atoms with Gasteiger partial charge in [-0.2, -0.15) is 5.01 Å². The van der Waals surface area contributed by atoms with Crippen molar-refractivity contribution in [2.24, 2.45) is 0 Å². The van der Waals surface area contributed by atoms with E-state index in [1.807, 2.05) is 34.9 Å². The molecule has 0 radical (unpaired) electrons. The maximum Gasteiger partial charge on any atom is 0.344 e. The number of nitrogens with zero attached hydrogens (tertiary/aromatic N) is 4. The summed E-state index contributed by atoms with van der Waals surface area (Å²) in [7, 11) is 0. The van der Waals surface area contributed by atoms with Crippen LogP contribution in [0.3, 0.4) is 0 Å². The van der Waals surface area contributed by atoms with E-state index >= 15 is 0 Å². The van der Waals surface area contributed by atoms with E-state index in [4.69, 9.17) is 0 Å². The number of nitrogens with one attached hydrogen (secondary N) is 2. The van der Waals surface area contributed by atoms with Gasteiger partial charge in [0, 0.05) is 5.56 Å². The Morgan fingerprint density at radius 1 is 1.12 bits per heavy atom. The van der Waals surface area contributed by atoms with Crippen molar-refractivity contribution in [3.05, 3.63) is 66.0 Å². The molecule has 2 aromatic carbocycles. The van der Waals surface area contributed by atoms with Crippen LogP contribution in [-0.2, 0) is 16.1 Å². The minimum atomic E-state index is -1.04. The van der Waals surface area contributed by atoms with E-state index < -0.39 is 23.4 Å². The Kier molecular flexibility index (Phi) is 6.64. The van der Waals surface area contributed by atoms with Gasteiger partial charge >= 0.3 is 6.03 Å². The number of carbonyl (C=O) groups is 3. The molecule has 2 N–H and O–H groups in total. The van der Waals surface area contributed by atoms with Crippen molar-refractivity contribution in [2.75, 3.05) is 5.75 Å². The standard InChI is InChI=1S/C23H23FN6O3S/c1-3-23(2)20(32)30(21(33)25-23)28-18(31)14-34-22-27-26-19(16-9-11-17(24)12-10-16)29(22)13-15-7-5-4-6-8-15/h4-12H,3,13-14H2,1-2H3,(H,25,33)(H,28,31). The van der Waals surface area contributed by atoms with Crippen LogP contribution in [0, 0.1) is 5.82 Å². The number of thioether (sulfide) groups is 1. The molecule has 4 rings (SSSR count). The zero-order chi connectivity index (χ0) is 24.3. The number of rotatable bonds is 8. The average Bonchev–Trinajstić information content (AvgIpc) is 3.32. The molecule has 2 heterocycles. The minimum Gasteiger partial charge on any atom is -0.322 e. The molecule has 11 heteroatoms. The fourth-order valence-corrected chi connectivity index (χ4v) is 4.16. The molecule has 3 aromatic rings. The van der Waals surface area contributed by atoms with Crippen molar-refractivity contribution in [1.82, 2.24) is 30.5 Å². The van der Waals surface area contributed by atoms with E-state index in [0.29, 0.717) is 34.5 Å². The summed E-state index contributed by atoms with van der Waals surface area (Å²) in [6.45, 7) is 3.82. The number of hydrogen-bond acceptors (Lipinski definition) is 6. The lowest BCUT2D eigenvalue weighted by Gasteiger charge is -2.19. The first kappa shape index (κ1) is 23.4. The molecule has 34 heavy (non-hydrogen) atoms. The van der Waals surface area contributed by atoms with Crippen molar-refractivity contribution in [3.8, 4) is 11.4 Å². The zero-order valence-corrected chi connectivity index (χ0v) is 19.4. The fourth-order valence-electron chi connectivity index (χ4n) is 3.43. The summed E-state index contributed by atoms with van der Waals surface area (Å²) in [4.78, 5) is 37.2. The van der Waals surface area contributed by atoms with Gasteiger partial charge < -0.3 is 5.32 Å². The smallest absolute Gasteiger partial charge is 0.322 e. The second kappa shape index (κ2) is 9.64. The van der Waals surface area contributed by atoms with Gasteiger partial charge in [-0.15, -0.1) is 10.2 Å². The lowest BCUT2D eigenvalue weighted by molar-refractivity contribution is -0.137. The van der Waals surface area contributed by atoms with Gasteiger partial charge in [0.15, 0.2) is 11.0 Å². The maximum absolute atomic E-state index is 13.4. The second-order valence-corrected chi connectivity index (χ2v) is 8.91. The molecule has 176 valence electrons. The summed E-state index contributed by atoms with van der Waals surface area (Å²) in [6, 6.07) is 14.9. The van der Waals surface area contributed by atoms with Crippen molar-refractivity contribution in [3.63, 3.8) is 0 Å². The molecule has 1 aliphatic heterocycles. The third-order valence-electron chi connectivity index (χ3n) is 5.54. The highest BCUT2D eigenvalue weighted by Crippen LogP contribution is 2.26. The summed E-state index contributed by atoms with van der Waals surface area (Å²) in [6.07, 6.45) is 0.396. The van der Waals surface area contributed by atoms with Gasteiger partial charge in [0.2, 0.25) is 5.91 Å². The average molecular weight is 483 g/mol. The van der Waals surface area contributed by atoms with Crippen LogP contribution in [0.4, 0.5) is 9.18 Å². The highest BCUT2D eigenvalue weighted by atomic mass is 32.2. The van der Waals surface area contributed by atoms with Crippen LogP contribution in [0.25, 0.3) is 11.4 Å². The number of halogens is 1. The van der Waals surface area contributed by atoms with E-state index in [-0.39, 0.29) is 11.6 Å². The lowest BCUT2D eigenvalue weighted by Crippen LogP contribution is -2.49. The van der Waals surface area contributed by atoms with Crippen LogP contribution in [0.5, 0.6) is 0 Å². The molecule has 1 unspecified atom stereocenters. The summed E-state index contributed by atoms with van der Waals surface area (Å²) in [5.74, 6) is -0.977.